The quantitative estimate of drug-likeness (QED) is 0.903. The standard InChI is InChI=1S/C14H20ClNO3/c1-10-7-11(5-6-12(10)15)19-8-13(18)16(4)14(2,3)9-17/h5-7,17H,8-9H2,1-4H3. The van der Waals surface area contributed by atoms with Gasteiger partial charge < -0.3 is 14.7 Å². The SMILES string of the molecule is Cc1cc(OCC(=O)N(C)C(C)(C)CO)ccc1Cl. The van der Waals surface area contributed by atoms with Crippen LogP contribution in [-0.4, -0.2) is 41.7 Å². The minimum absolute atomic E-state index is 0.0685. The van der Waals surface area contributed by atoms with Gasteiger partial charge in [0.05, 0.1) is 12.1 Å². The Labute approximate surface area is 118 Å². The molecule has 0 radical (unpaired) electrons. The highest BCUT2D eigenvalue weighted by molar-refractivity contribution is 6.31. The number of hydrogen-bond donors (Lipinski definition) is 1. The summed E-state index contributed by atoms with van der Waals surface area (Å²) in [5.74, 6) is 0.414. The maximum atomic E-state index is 11.9. The van der Waals surface area contributed by atoms with Gasteiger partial charge in [0.2, 0.25) is 0 Å². The van der Waals surface area contributed by atoms with Gasteiger partial charge >= 0.3 is 0 Å². The first-order valence-electron chi connectivity index (χ1n) is 6.04. The first-order chi connectivity index (χ1) is 8.77. The number of ether oxygens (including phenoxy) is 1. The van der Waals surface area contributed by atoms with Crippen molar-refractivity contribution in [2.75, 3.05) is 20.3 Å². The molecule has 0 spiro atoms. The third-order valence-corrected chi connectivity index (χ3v) is 3.58. The summed E-state index contributed by atoms with van der Waals surface area (Å²) in [5, 5.41) is 9.88. The number of nitrogens with zero attached hydrogens (tertiary/aromatic N) is 1. The molecule has 0 heterocycles. The third-order valence-electron chi connectivity index (χ3n) is 3.16. The van der Waals surface area contributed by atoms with Crippen LogP contribution in [0.1, 0.15) is 19.4 Å². The van der Waals surface area contributed by atoms with Gasteiger partial charge in [-0.15, -0.1) is 0 Å². The summed E-state index contributed by atoms with van der Waals surface area (Å²) in [6.45, 7) is 5.28. The molecule has 0 saturated carbocycles. The molecule has 19 heavy (non-hydrogen) atoms. The molecular weight excluding hydrogens is 266 g/mol. The molecule has 106 valence electrons. The summed E-state index contributed by atoms with van der Waals surface area (Å²) >= 11 is 5.91. The number of aryl methyl sites for hydroxylation is 1. The van der Waals surface area contributed by atoms with E-state index in [4.69, 9.17) is 16.3 Å². The van der Waals surface area contributed by atoms with Crippen LogP contribution in [-0.2, 0) is 4.79 Å². The first kappa shape index (κ1) is 15.8. The lowest BCUT2D eigenvalue weighted by Crippen LogP contribution is -2.49. The molecule has 4 nitrogen and oxygen atoms in total. The zero-order valence-corrected chi connectivity index (χ0v) is 12.5. The molecule has 0 fully saturated rings. The van der Waals surface area contributed by atoms with E-state index >= 15 is 0 Å². The molecule has 0 bridgehead atoms. The van der Waals surface area contributed by atoms with Crippen molar-refractivity contribution in [3.63, 3.8) is 0 Å². The molecule has 0 aliphatic carbocycles. The zero-order chi connectivity index (χ0) is 14.6. The fourth-order valence-electron chi connectivity index (χ4n) is 1.39. The van der Waals surface area contributed by atoms with E-state index in [1.54, 1.807) is 39.1 Å². The van der Waals surface area contributed by atoms with Crippen molar-refractivity contribution in [1.82, 2.24) is 4.90 Å². The van der Waals surface area contributed by atoms with Crippen LogP contribution in [0, 0.1) is 6.92 Å². The van der Waals surface area contributed by atoms with Gasteiger partial charge in [0, 0.05) is 12.1 Å². The van der Waals surface area contributed by atoms with Gasteiger partial charge in [0.25, 0.3) is 5.91 Å². The number of likely N-dealkylation sites (N-methyl/N-ethyl adjacent to an activating group) is 1. The summed E-state index contributed by atoms with van der Waals surface area (Å²) < 4.78 is 5.43. The second-order valence-corrected chi connectivity index (χ2v) is 5.53. The van der Waals surface area contributed by atoms with Gasteiger partial charge in [0.1, 0.15) is 5.75 Å². The van der Waals surface area contributed by atoms with Crippen molar-refractivity contribution in [3.8, 4) is 5.75 Å². The van der Waals surface area contributed by atoms with E-state index in [-0.39, 0.29) is 19.1 Å². The molecule has 0 aliphatic rings. The van der Waals surface area contributed by atoms with E-state index in [2.05, 4.69) is 0 Å². The Bertz CT molecular complexity index is 460. The van der Waals surface area contributed by atoms with Crippen molar-refractivity contribution in [3.05, 3.63) is 28.8 Å². The molecule has 1 rings (SSSR count). The number of amides is 1. The molecule has 5 heteroatoms. The van der Waals surface area contributed by atoms with Crippen LogP contribution in [0.4, 0.5) is 0 Å². The zero-order valence-electron chi connectivity index (χ0n) is 11.7. The van der Waals surface area contributed by atoms with Crippen molar-refractivity contribution >= 4 is 17.5 Å². The van der Waals surface area contributed by atoms with Crippen molar-refractivity contribution in [1.29, 1.82) is 0 Å². The number of rotatable bonds is 5. The van der Waals surface area contributed by atoms with Crippen LogP contribution in [0.3, 0.4) is 0 Å². The molecule has 1 aromatic rings. The Hall–Kier alpha value is -1.26. The molecule has 0 unspecified atom stereocenters. The minimum atomic E-state index is -0.601. The Morgan fingerprint density at radius 2 is 2.11 bits per heavy atom. The van der Waals surface area contributed by atoms with Gasteiger partial charge in [-0.05, 0) is 44.5 Å². The monoisotopic (exact) mass is 285 g/mol. The van der Waals surface area contributed by atoms with Gasteiger partial charge in [-0.3, -0.25) is 4.79 Å². The fourth-order valence-corrected chi connectivity index (χ4v) is 1.51. The van der Waals surface area contributed by atoms with Crippen LogP contribution in [0.25, 0.3) is 0 Å². The third kappa shape index (κ3) is 4.11. The topological polar surface area (TPSA) is 49.8 Å². The molecule has 0 atom stereocenters. The van der Waals surface area contributed by atoms with Crippen LogP contribution < -0.4 is 4.74 Å². The van der Waals surface area contributed by atoms with E-state index in [0.717, 1.165) is 5.56 Å². The second kappa shape index (κ2) is 6.26. The van der Waals surface area contributed by atoms with E-state index in [1.165, 1.54) is 4.90 Å². The average Bonchev–Trinajstić information content (AvgIpc) is 2.38. The number of carbonyl (C=O) groups excluding carboxylic acids is 1. The summed E-state index contributed by atoms with van der Waals surface area (Å²) in [5.41, 5.74) is 0.298. The molecule has 0 saturated heterocycles. The van der Waals surface area contributed by atoms with Gasteiger partial charge in [-0.1, -0.05) is 11.6 Å². The molecule has 0 aliphatic heterocycles. The smallest absolute Gasteiger partial charge is 0.260 e. The highest BCUT2D eigenvalue weighted by Gasteiger charge is 2.26. The molecule has 1 aromatic carbocycles. The Balaban J connectivity index is 2.61. The summed E-state index contributed by atoms with van der Waals surface area (Å²) in [7, 11) is 1.65. The van der Waals surface area contributed by atoms with E-state index in [1.807, 2.05) is 6.92 Å². The van der Waals surface area contributed by atoms with Crippen molar-refractivity contribution in [2.45, 2.75) is 26.3 Å². The molecule has 0 aromatic heterocycles. The fraction of sp³-hybridized carbons (Fsp3) is 0.500. The minimum Gasteiger partial charge on any atom is -0.484 e. The lowest BCUT2D eigenvalue weighted by Gasteiger charge is -2.33. The molecular formula is C14H20ClNO3. The molecule has 1 N–H and O–H groups in total. The predicted molar refractivity (Wildman–Crippen MR) is 75.6 cm³/mol. The number of halogens is 1. The Morgan fingerprint density at radius 1 is 1.47 bits per heavy atom. The maximum Gasteiger partial charge on any atom is 0.260 e. The first-order valence-corrected chi connectivity index (χ1v) is 6.42. The predicted octanol–water partition coefficient (Wildman–Crippen LogP) is 2.26. The lowest BCUT2D eigenvalue weighted by atomic mass is 10.1. The van der Waals surface area contributed by atoms with E-state index in [9.17, 15) is 9.90 Å². The van der Waals surface area contributed by atoms with Crippen LogP contribution in [0.2, 0.25) is 5.02 Å². The van der Waals surface area contributed by atoms with Crippen LogP contribution in [0.15, 0.2) is 18.2 Å². The van der Waals surface area contributed by atoms with Crippen LogP contribution in [0.5, 0.6) is 5.75 Å². The van der Waals surface area contributed by atoms with Gasteiger partial charge in [-0.25, -0.2) is 0 Å². The van der Waals surface area contributed by atoms with E-state index < -0.39 is 5.54 Å². The lowest BCUT2D eigenvalue weighted by molar-refractivity contribution is -0.138. The normalized spacial score (nSPS) is 11.3. The number of aliphatic hydroxyl groups is 1. The van der Waals surface area contributed by atoms with Crippen molar-refractivity contribution in [2.24, 2.45) is 0 Å². The Morgan fingerprint density at radius 3 is 2.63 bits per heavy atom. The van der Waals surface area contributed by atoms with Gasteiger partial charge in [0.15, 0.2) is 6.61 Å². The number of benzene rings is 1. The summed E-state index contributed by atoms with van der Waals surface area (Å²) in [6, 6.07) is 5.24. The number of carbonyl (C=O) groups is 1. The highest BCUT2D eigenvalue weighted by Crippen LogP contribution is 2.21. The average molecular weight is 286 g/mol. The van der Waals surface area contributed by atoms with Gasteiger partial charge in [-0.2, -0.15) is 0 Å². The largest absolute Gasteiger partial charge is 0.484 e. The number of hydrogen-bond acceptors (Lipinski definition) is 3. The van der Waals surface area contributed by atoms with Crippen molar-refractivity contribution < 1.29 is 14.6 Å². The highest BCUT2D eigenvalue weighted by atomic mass is 35.5. The van der Waals surface area contributed by atoms with E-state index in [0.29, 0.717) is 10.8 Å². The second-order valence-electron chi connectivity index (χ2n) is 5.12. The molecule has 1 amide bonds. The van der Waals surface area contributed by atoms with Crippen LogP contribution >= 0.6 is 11.6 Å². The number of aliphatic hydroxyl groups excluding tert-OH is 1. The summed E-state index contributed by atoms with van der Waals surface area (Å²) in [6.07, 6.45) is 0. The maximum absolute atomic E-state index is 11.9. The summed E-state index contributed by atoms with van der Waals surface area (Å²) in [4.78, 5) is 13.4. The Kier molecular flexibility index (Phi) is 5.20.